The second-order valence-corrected chi connectivity index (χ2v) is 8.79. The molecule has 2 heterocycles. The third-order valence-electron chi connectivity index (χ3n) is 5.53. The number of rotatable bonds is 4. The van der Waals surface area contributed by atoms with E-state index in [0.29, 0.717) is 50.1 Å². The van der Waals surface area contributed by atoms with Crippen molar-refractivity contribution in [2.24, 2.45) is 5.41 Å². The van der Waals surface area contributed by atoms with Crippen LogP contribution in [0.1, 0.15) is 66.2 Å². The van der Waals surface area contributed by atoms with Gasteiger partial charge in [-0.15, -0.1) is 0 Å². The fourth-order valence-corrected chi connectivity index (χ4v) is 4.19. The van der Waals surface area contributed by atoms with Crippen molar-refractivity contribution in [3.05, 3.63) is 11.3 Å². The van der Waals surface area contributed by atoms with E-state index in [-0.39, 0.29) is 24.0 Å². The van der Waals surface area contributed by atoms with Crippen LogP contribution in [0.4, 0.5) is 4.79 Å². The van der Waals surface area contributed by atoms with Gasteiger partial charge in [0.1, 0.15) is 5.60 Å². The van der Waals surface area contributed by atoms with Crippen molar-refractivity contribution in [1.29, 1.82) is 0 Å². The molecule has 0 aromatic heterocycles. The van der Waals surface area contributed by atoms with Crippen molar-refractivity contribution in [3.63, 3.8) is 0 Å². The van der Waals surface area contributed by atoms with Crippen LogP contribution in [0.2, 0.25) is 0 Å². The molecule has 1 saturated carbocycles. The Hall–Kier alpha value is -2.05. The molecule has 0 atom stereocenters. The summed E-state index contributed by atoms with van der Waals surface area (Å²) in [5.74, 6) is -0.429. The van der Waals surface area contributed by atoms with Crippen molar-refractivity contribution in [3.8, 4) is 0 Å². The topological polar surface area (TPSA) is 84.9 Å². The number of hydrogen-bond acceptors (Lipinski definition) is 5. The quantitative estimate of drug-likeness (QED) is 0.761. The highest BCUT2D eigenvalue weighted by Gasteiger charge is 2.61. The number of ether oxygens (including phenoxy) is 2. The molecule has 7 heteroatoms. The van der Waals surface area contributed by atoms with Gasteiger partial charge in [-0.05, 0) is 66.2 Å². The Morgan fingerprint density at radius 1 is 1.19 bits per heavy atom. The monoisotopic (exact) mass is 378 g/mol. The van der Waals surface area contributed by atoms with Gasteiger partial charge in [0.25, 0.3) is 0 Å². The first-order valence-electron chi connectivity index (χ1n) is 9.85. The zero-order valence-corrected chi connectivity index (χ0v) is 16.7. The summed E-state index contributed by atoms with van der Waals surface area (Å²) in [6, 6.07) is 0.0652. The highest BCUT2D eigenvalue weighted by molar-refractivity contribution is 5.93. The summed E-state index contributed by atoms with van der Waals surface area (Å²) >= 11 is 0. The van der Waals surface area contributed by atoms with Crippen LogP contribution in [0.25, 0.3) is 0 Å². The van der Waals surface area contributed by atoms with Crippen LogP contribution in [0, 0.1) is 5.41 Å². The highest BCUT2D eigenvalue weighted by Crippen LogP contribution is 2.52. The highest BCUT2D eigenvalue weighted by atomic mass is 16.6. The number of nitrogens with one attached hydrogen (secondary N) is 1. The van der Waals surface area contributed by atoms with Crippen molar-refractivity contribution in [1.82, 2.24) is 10.2 Å². The standard InChI is InChI=1S/C20H30N2O5/c1-5-26-16(23)14-8-6-7-9-15(14)21-17(24)20-10-13(11-20)22(12-20)18(25)27-19(2,3)4/h13H,5-12H2,1-4H3,(H,21,24). The molecular formula is C20H30N2O5. The Labute approximate surface area is 160 Å². The van der Waals surface area contributed by atoms with E-state index >= 15 is 0 Å². The summed E-state index contributed by atoms with van der Waals surface area (Å²) < 4.78 is 10.6. The first-order chi connectivity index (χ1) is 12.6. The smallest absolute Gasteiger partial charge is 0.410 e. The molecule has 0 aromatic rings. The molecular weight excluding hydrogens is 348 g/mol. The van der Waals surface area contributed by atoms with Gasteiger partial charge in [-0.3, -0.25) is 4.79 Å². The zero-order valence-electron chi connectivity index (χ0n) is 16.7. The molecule has 7 nitrogen and oxygen atoms in total. The maximum absolute atomic E-state index is 13.0. The Bertz CT molecular complexity index is 670. The molecule has 27 heavy (non-hydrogen) atoms. The summed E-state index contributed by atoms with van der Waals surface area (Å²) in [4.78, 5) is 39.2. The number of carbonyl (C=O) groups is 3. The first kappa shape index (κ1) is 19.7. The molecule has 3 fully saturated rings. The van der Waals surface area contributed by atoms with Gasteiger partial charge in [-0.25, -0.2) is 9.59 Å². The van der Waals surface area contributed by atoms with Crippen LogP contribution in [0.5, 0.6) is 0 Å². The van der Waals surface area contributed by atoms with Gasteiger partial charge < -0.3 is 19.7 Å². The molecule has 4 aliphatic rings. The molecule has 2 saturated heterocycles. The maximum Gasteiger partial charge on any atom is 0.410 e. The Morgan fingerprint density at radius 3 is 2.48 bits per heavy atom. The van der Waals surface area contributed by atoms with Crippen LogP contribution in [0.3, 0.4) is 0 Å². The van der Waals surface area contributed by atoms with Crippen molar-refractivity contribution in [2.75, 3.05) is 13.2 Å². The summed E-state index contributed by atoms with van der Waals surface area (Å²) in [7, 11) is 0. The molecule has 4 rings (SSSR count). The molecule has 0 aromatic carbocycles. The van der Waals surface area contributed by atoms with Crippen molar-refractivity contribution >= 4 is 18.0 Å². The van der Waals surface area contributed by atoms with E-state index in [0.717, 1.165) is 12.8 Å². The largest absolute Gasteiger partial charge is 0.463 e. The van der Waals surface area contributed by atoms with Gasteiger partial charge in [0.15, 0.2) is 0 Å². The van der Waals surface area contributed by atoms with E-state index in [9.17, 15) is 14.4 Å². The predicted octanol–water partition coefficient (Wildman–Crippen LogP) is 2.89. The molecule has 2 aliphatic carbocycles. The lowest BCUT2D eigenvalue weighted by molar-refractivity contribution is -0.138. The third-order valence-corrected chi connectivity index (χ3v) is 5.53. The fraction of sp³-hybridized carbons (Fsp3) is 0.750. The van der Waals surface area contributed by atoms with E-state index in [1.54, 1.807) is 11.8 Å². The lowest BCUT2D eigenvalue weighted by Crippen LogP contribution is -2.47. The second-order valence-electron chi connectivity index (χ2n) is 8.79. The number of amides is 2. The summed E-state index contributed by atoms with van der Waals surface area (Å²) in [5.41, 5.74) is 0.163. The lowest BCUT2D eigenvalue weighted by atomic mass is 9.69. The van der Waals surface area contributed by atoms with Gasteiger partial charge in [-0.1, -0.05) is 0 Å². The van der Waals surface area contributed by atoms with Gasteiger partial charge in [0, 0.05) is 18.3 Å². The van der Waals surface area contributed by atoms with E-state index in [1.165, 1.54) is 0 Å². The summed E-state index contributed by atoms with van der Waals surface area (Å²) in [5, 5.41) is 3.00. The van der Waals surface area contributed by atoms with Crippen LogP contribution in [-0.4, -0.2) is 47.7 Å². The van der Waals surface area contributed by atoms with Gasteiger partial charge in [0.2, 0.25) is 5.91 Å². The molecule has 0 spiro atoms. The minimum absolute atomic E-state index is 0.0652. The SMILES string of the molecule is CCOC(=O)C1=C(NC(=O)C23CC(C2)N(C(=O)OC(C)(C)C)C3)CCCC1. The van der Waals surface area contributed by atoms with Crippen molar-refractivity contribution < 1.29 is 23.9 Å². The Morgan fingerprint density at radius 2 is 1.85 bits per heavy atom. The molecule has 150 valence electrons. The minimum Gasteiger partial charge on any atom is -0.463 e. The maximum atomic E-state index is 13.0. The molecule has 1 N–H and O–H groups in total. The Kier molecular flexibility index (Phi) is 5.23. The lowest BCUT2D eigenvalue weighted by Gasteiger charge is -2.36. The van der Waals surface area contributed by atoms with Crippen LogP contribution in [-0.2, 0) is 19.1 Å². The second kappa shape index (κ2) is 7.17. The van der Waals surface area contributed by atoms with Gasteiger partial charge in [0.05, 0.1) is 17.6 Å². The van der Waals surface area contributed by atoms with Crippen LogP contribution in [0.15, 0.2) is 11.3 Å². The summed E-state index contributed by atoms with van der Waals surface area (Å²) in [6.07, 6.45) is 4.12. The Balaban J connectivity index is 1.67. The van der Waals surface area contributed by atoms with E-state index in [4.69, 9.17) is 9.47 Å². The number of nitrogens with zero attached hydrogens (tertiary/aromatic N) is 1. The minimum atomic E-state index is -0.564. The first-order valence-corrected chi connectivity index (χ1v) is 9.85. The predicted molar refractivity (Wildman–Crippen MR) is 98.7 cm³/mol. The number of allylic oxidation sites excluding steroid dienone is 1. The molecule has 2 aliphatic heterocycles. The van der Waals surface area contributed by atoms with E-state index < -0.39 is 11.0 Å². The average molecular weight is 378 g/mol. The zero-order chi connectivity index (χ0) is 19.8. The fourth-order valence-electron chi connectivity index (χ4n) is 4.19. The van der Waals surface area contributed by atoms with Crippen LogP contribution < -0.4 is 5.32 Å². The molecule has 0 radical (unpaired) electrons. The van der Waals surface area contributed by atoms with Gasteiger partial charge in [-0.2, -0.15) is 0 Å². The third kappa shape index (κ3) is 3.96. The average Bonchev–Trinajstić information content (AvgIpc) is 3.11. The van der Waals surface area contributed by atoms with Gasteiger partial charge >= 0.3 is 12.1 Å². The summed E-state index contributed by atoms with van der Waals surface area (Å²) in [6.45, 7) is 7.97. The number of carbonyl (C=O) groups excluding carboxylic acids is 3. The molecule has 0 unspecified atom stereocenters. The van der Waals surface area contributed by atoms with E-state index in [1.807, 2.05) is 20.8 Å². The number of fused-ring (bicyclic) bond motifs is 1. The number of hydrogen-bond donors (Lipinski definition) is 1. The number of esters is 1. The van der Waals surface area contributed by atoms with Crippen molar-refractivity contribution in [2.45, 2.75) is 77.9 Å². The normalized spacial score (nSPS) is 27.1. The molecule has 2 amide bonds. The van der Waals surface area contributed by atoms with Crippen LogP contribution >= 0.6 is 0 Å². The molecule has 2 bridgehead atoms. The van der Waals surface area contributed by atoms with E-state index in [2.05, 4.69) is 5.32 Å².